The number of hydrogen-bond acceptors (Lipinski definition) is 4. The number of nitrogens with zero attached hydrogens (tertiary/aromatic N) is 3. The summed E-state index contributed by atoms with van der Waals surface area (Å²) in [5, 5.41) is 0. The average molecular weight is 206 g/mol. The highest BCUT2D eigenvalue weighted by atomic mass is 15.2. The molecule has 4 nitrogen and oxygen atoms in total. The lowest BCUT2D eigenvalue weighted by atomic mass is 10.2. The molecule has 1 aromatic heterocycles. The minimum atomic E-state index is 0.573. The highest BCUT2D eigenvalue weighted by Crippen LogP contribution is 2.18. The summed E-state index contributed by atoms with van der Waals surface area (Å²) < 4.78 is 0. The van der Waals surface area contributed by atoms with E-state index < -0.39 is 0 Å². The van der Waals surface area contributed by atoms with E-state index in [-0.39, 0.29) is 0 Å². The first-order valence-electron chi connectivity index (χ1n) is 5.49. The lowest BCUT2D eigenvalue weighted by Gasteiger charge is -2.19. The van der Waals surface area contributed by atoms with Gasteiger partial charge in [-0.1, -0.05) is 0 Å². The van der Waals surface area contributed by atoms with E-state index in [1.54, 1.807) is 6.07 Å². The molecule has 0 spiro atoms. The third-order valence-electron chi connectivity index (χ3n) is 2.96. The van der Waals surface area contributed by atoms with Gasteiger partial charge in [-0.05, 0) is 33.2 Å². The van der Waals surface area contributed by atoms with Crippen LogP contribution in [0.4, 0.5) is 5.82 Å². The van der Waals surface area contributed by atoms with Gasteiger partial charge in [0.25, 0.3) is 0 Å². The van der Waals surface area contributed by atoms with Crippen LogP contribution in [-0.4, -0.2) is 27.5 Å². The molecule has 2 rings (SSSR count). The first-order chi connectivity index (χ1) is 7.15. The molecule has 15 heavy (non-hydrogen) atoms. The fourth-order valence-corrected chi connectivity index (χ4v) is 2.14. The van der Waals surface area contributed by atoms with Crippen molar-refractivity contribution < 1.29 is 0 Å². The van der Waals surface area contributed by atoms with Gasteiger partial charge in [-0.2, -0.15) is 0 Å². The Morgan fingerprint density at radius 2 is 2.33 bits per heavy atom. The number of nitrogens with two attached hydrogens (primary N) is 1. The second-order valence-electron chi connectivity index (χ2n) is 4.31. The second-order valence-corrected chi connectivity index (χ2v) is 4.31. The minimum Gasteiger partial charge on any atom is -0.384 e. The van der Waals surface area contributed by atoms with Crippen molar-refractivity contribution in [3.8, 4) is 0 Å². The fourth-order valence-electron chi connectivity index (χ4n) is 2.14. The van der Waals surface area contributed by atoms with Gasteiger partial charge in [-0.25, -0.2) is 9.97 Å². The van der Waals surface area contributed by atoms with E-state index in [0.29, 0.717) is 11.9 Å². The van der Waals surface area contributed by atoms with Crippen molar-refractivity contribution in [1.82, 2.24) is 14.9 Å². The quantitative estimate of drug-likeness (QED) is 0.793. The number of rotatable bonds is 2. The lowest BCUT2D eigenvalue weighted by molar-refractivity contribution is 0.254. The summed E-state index contributed by atoms with van der Waals surface area (Å²) in [5.41, 5.74) is 6.65. The molecule has 1 fully saturated rings. The Morgan fingerprint density at radius 1 is 1.53 bits per heavy atom. The molecule has 1 aliphatic rings. The normalized spacial score (nSPS) is 22.1. The molecule has 0 aliphatic carbocycles. The molecule has 0 saturated carbocycles. The van der Waals surface area contributed by atoms with Crippen molar-refractivity contribution in [3.05, 3.63) is 17.6 Å². The summed E-state index contributed by atoms with van der Waals surface area (Å²) in [5.74, 6) is 1.42. The molecule has 2 heterocycles. The molecule has 82 valence electrons. The summed E-state index contributed by atoms with van der Waals surface area (Å²) in [4.78, 5) is 11.1. The maximum Gasteiger partial charge on any atom is 0.144 e. The van der Waals surface area contributed by atoms with Crippen LogP contribution in [0.2, 0.25) is 0 Å². The van der Waals surface area contributed by atoms with Crippen LogP contribution in [0.15, 0.2) is 6.07 Å². The van der Waals surface area contributed by atoms with E-state index in [9.17, 15) is 0 Å². The Hall–Kier alpha value is -1.16. The van der Waals surface area contributed by atoms with Gasteiger partial charge in [0.2, 0.25) is 0 Å². The third kappa shape index (κ3) is 2.45. The number of nitrogen functional groups attached to an aromatic ring is 1. The van der Waals surface area contributed by atoms with Crippen molar-refractivity contribution in [2.45, 2.75) is 39.3 Å². The van der Waals surface area contributed by atoms with Crippen LogP contribution in [0.25, 0.3) is 0 Å². The van der Waals surface area contributed by atoms with Gasteiger partial charge in [-0.3, -0.25) is 4.90 Å². The Kier molecular flexibility index (Phi) is 2.86. The van der Waals surface area contributed by atoms with Gasteiger partial charge in [0.05, 0.1) is 6.54 Å². The zero-order valence-electron chi connectivity index (χ0n) is 9.40. The maximum atomic E-state index is 5.70. The number of aromatic nitrogens is 2. The fraction of sp³-hybridized carbons (Fsp3) is 0.636. The minimum absolute atomic E-state index is 0.573. The second kappa shape index (κ2) is 4.14. The predicted molar refractivity (Wildman–Crippen MR) is 60.3 cm³/mol. The van der Waals surface area contributed by atoms with Crippen molar-refractivity contribution in [2.24, 2.45) is 0 Å². The van der Waals surface area contributed by atoms with E-state index >= 15 is 0 Å². The van der Waals surface area contributed by atoms with Crippen molar-refractivity contribution >= 4 is 5.82 Å². The Balaban J connectivity index is 2.10. The van der Waals surface area contributed by atoms with Crippen molar-refractivity contribution in [1.29, 1.82) is 0 Å². The summed E-state index contributed by atoms with van der Waals surface area (Å²) in [6.45, 7) is 6.19. The molecule has 1 saturated heterocycles. The first kappa shape index (κ1) is 10.4. The Morgan fingerprint density at radius 3 is 2.93 bits per heavy atom. The molecular weight excluding hydrogens is 188 g/mol. The molecule has 0 amide bonds. The van der Waals surface area contributed by atoms with Crippen molar-refractivity contribution in [2.75, 3.05) is 12.3 Å². The summed E-state index contributed by atoms with van der Waals surface area (Å²) in [7, 11) is 0. The molecule has 2 N–H and O–H groups in total. The highest BCUT2D eigenvalue weighted by molar-refractivity contribution is 5.29. The molecule has 1 aliphatic heterocycles. The largest absolute Gasteiger partial charge is 0.384 e. The first-order valence-corrected chi connectivity index (χ1v) is 5.49. The highest BCUT2D eigenvalue weighted by Gasteiger charge is 2.21. The topological polar surface area (TPSA) is 55.0 Å². The van der Waals surface area contributed by atoms with Crippen LogP contribution < -0.4 is 5.73 Å². The van der Waals surface area contributed by atoms with Gasteiger partial charge in [0.15, 0.2) is 0 Å². The number of anilines is 1. The standard InChI is InChI=1S/C11H18N4/c1-8-6-10(12)14-11(13-8)7-15-5-3-4-9(15)2/h6,9H,3-5,7H2,1-2H3,(H2,12,13,14). The zero-order chi connectivity index (χ0) is 10.8. The van der Waals surface area contributed by atoms with Gasteiger partial charge < -0.3 is 5.73 Å². The van der Waals surface area contributed by atoms with Gasteiger partial charge >= 0.3 is 0 Å². The number of aryl methyl sites for hydroxylation is 1. The summed E-state index contributed by atoms with van der Waals surface area (Å²) in [6.07, 6.45) is 2.56. The van der Waals surface area contributed by atoms with Crippen LogP contribution in [0.5, 0.6) is 0 Å². The van der Waals surface area contributed by atoms with E-state index in [1.165, 1.54) is 12.8 Å². The van der Waals surface area contributed by atoms with Crippen LogP contribution in [0, 0.1) is 6.92 Å². The van der Waals surface area contributed by atoms with Crippen LogP contribution in [-0.2, 0) is 6.54 Å². The molecule has 0 radical (unpaired) electrons. The van der Waals surface area contributed by atoms with E-state index in [1.807, 2.05) is 6.92 Å². The number of hydrogen-bond donors (Lipinski definition) is 1. The smallest absolute Gasteiger partial charge is 0.144 e. The van der Waals surface area contributed by atoms with Gasteiger partial charge in [0.1, 0.15) is 11.6 Å². The van der Waals surface area contributed by atoms with E-state index in [2.05, 4.69) is 21.8 Å². The molecule has 1 unspecified atom stereocenters. The monoisotopic (exact) mass is 206 g/mol. The molecule has 4 heteroatoms. The van der Waals surface area contributed by atoms with E-state index in [4.69, 9.17) is 5.73 Å². The summed E-state index contributed by atoms with van der Waals surface area (Å²) in [6, 6.07) is 2.45. The molecular formula is C11H18N4. The average Bonchev–Trinajstić information content (AvgIpc) is 2.50. The van der Waals surface area contributed by atoms with E-state index in [0.717, 1.165) is 24.6 Å². The molecule has 0 aromatic carbocycles. The maximum absolute atomic E-state index is 5.70. The van der Waals surface area contributed by atoms with Crippen LogP contribution in [0.1, 0.15) is 31.3 Å². The van der Waals surface area contributed by atoms with Crippen LogP contribution >= 0.6 is 0 Å². The molecule has 0 bridgehead atoms. The lowest BCUT2D eigenvalue weighted by Crippen LogP contribution is -2.27. The Bertz CT molecular complexity index is 330. The van der Waals surface area contributed by atoms with Gasteiger partial charge in [0, 0.05) is 17.8 Å². The Labute approximate surface area is 90.5 Å². The van der Waals surface area contributed by atoms with Gasteiger partial charge in [-0.15, -0.1) is 0 Å². The molecule has 1 atom stereocenters. The zero-order valence-corrected chi connectivity index (χ0v) is 9.40. The van der Waals surface area contributed by atoms with Crippen LogP contribution in [0.3, 0.4) is 0 Å². The van der Waals surface area contributed by atoms with Crippen molar-refractivity contribution in [3.63, 3.8) is 0 Å². The third-order valence-corrected chi connectivity index (χ3v) is 2.96. The molecule has 1 aromatic rings. The summed E-state index contributed by atoms with van der Waals surface area (Å²) >= 11 is 0. The SMILES string of the molecule is Cc1cc(N)nc(CN2CCCC2C)n1. The predicted octanol–water partition coefficient (Wildman–Crippen LogP) is 1.35. The number of likely N-dealkylation sites (tertiary alicyclic amines) is 1.